The first-order valence-electron chi connectivity index (χ1n) is 13.6. The number of phenolic OH excluding ortho intramolecular Hbond substituents is 1. The molecule has 0 spiro atoms. The SMILES string of the molecule is C=C(CCOO)N(C(=O)n1c(O)c(OC)n(Cc2ccccc2)c1=O)c1cccc2c(O)c(C(=O)N(CC)CC)ccc12. The Balaban J connectivity index is 1.88. The van der Waals surface area contributed by atoms with Gasteiger partial charge in [-0.3, -0.25) is 19.5 Å². The van der Waals surface area contributed by atoms with Crippen molar-refractivity contribution in [2.24, 2.45) is 0 Å². The number of ether oxygens (including phenoxy) is 1. The van der Waals surface area contributed by atoms with E-state index in [1.165, 1.54) is 13.2 Å². The highest BCUT2D eigenvalue weighted by molar-refractivity contribution is 6.10. The fourth-order valence-corrected chi connectivity index (χ4v) is 4.95. The molecule has 226 valence electrons. The molecule has 0 aliphatic heterocycles. The van der Waals surface area contributed by atoms with Gasteiger partial charge >= 0.3 is 11.7 Å². The number of benzene rings is 3. The van der Waals surface area contributed by atoms with E-state index in [1.54, 1.807) is 53.4 Å². The van der Waals surface area contributed by atoms with Gasteiger partial charge in [0, 0.05) is 36.0 Å². The topological polar surface area (TPSA) is 147 Å². The van der Waals surface area contributed by atoms with Crippen LogP contribution in [0.3, 0.4) is 0 Å². The molecule has 3 N–H and O–H groups in total. The lowest BCUT2D eigenvalue weighted by molar-refractivity contribution is -0.241. The Labute approximate surface area is 247 Å². The highest BCUT2D eigenvalue weighted by Gasteiger charge is 2.31. The maximum absolute atomic E-state index is 14.2. The minimum atomic E-state index is -0.995. The standard InChI is InChI=1S/C31H34N4O8/c1-5-32(6-2)27(37)24-16-15-22-23(26(24)36)13-10-14-25(22)34(20(3)17-18-43-41)31(40)35-28(38)29(42-4)33(30(35)39)19-21-11-8-7-9-12-21/h7-16,36,38,41H,3,5-6,17-19H2,1-2,4H3. The average Bonchev–Trinajstić information content (AvgIpc) is 3.25. The third-order valence-electron chi connectivity index (χ3n) is 7.16. The van der Waals surface area contributed by atoms with Gasteiger partial charge < -0.3 is 19.8 Å². The van der Waals surface area contributed by atoms with E-state index in [1.807, 2.05) is 19.9 Å². The molecular weight excluding hydrogens is 556 g/mol. The molecule has 12 heteroatoms. The molecule has 1 aromatic heterocycles. The summed E-state index contributed by atoms with van der Waals surface area (Å²) in [5.74, 6) is -1.57. The van der Waals surface area contributed by atoms with E-state index in [-0.39, 0.29) is 59.4 Å². The first-order chi connectivity index (χ1) is 20.7. The number of imidazole rings is 1. The summed E-state index contributed by atoms with van der Waals surface area (Å²) in [4.78, 5) is 47.7. The summed E-state index contributed by atoms with van der Waals surface area (Å²) in [5.41, 5.74) is 0.262. The molecule has 4 aromatic rings. The predicted octanol–water partition coefficient (Wildman–Crippen LogP) is 4.62. The van der Waals surface area contributed by atoms with Gasteiger partial charge in [-0.15, -0.1) is 0 Å². The Morgan fingerprint density at radius 3 is 2.28 bits per heavy atom. The molecular formula is C31H34N4O8. The van der Waals surface area contributed by atoms with Crippen LogP contribution in [-0.4, -0.2) is 68.2 Å². The second-order valence-electron chi connectivity index (χ2n) is 9.60. The van der Waals surface area contributed by atoms with Gasteiger partial charge in [0.25, 0.3) is 17.7 Å². The Kier molecular flexibility index (Phi) is 9.53. The second-order valence-corrected chi connectivity index (χ2v) is 9.60. The number of carbonyl (C=O) groups excluding carboxylic acids is 2. The maximum atomic E-state index is 14.2. The Morgan fingerprint density at radius 2 is 1.65 bits per heavy atom. The normalized spacial score (nSPS) is 11.0. The van der Waals surface area contributed by atoms with Crippen molar-refractivity contribution in [1.29, 1.82) is 0 Å². The lowest BCUT2D eigenvalue weighted by atomic mass is 10.0. The number of carbonyl (C=O) groups is 2. The van der Waals surface area contributed by atoms with Gasteiger partial charge in [0.2, 0.25) is 0 Å². The molecule has 0 radical (unpaired) electrons. The van der Waals surface area contributed by atoms with Crippen molar-refractivity contribution in [1.82, 2.24) is 14.0 Å². The van der Waals surface area contributed by atoms with Gasteiger partial charge in [-0.2, -0.15) is 4.57 Å². The van der Waals surface area contributed by atoms with Crippen molar-refractivity contribution in [3.8, 4) is 17.5 Å². The summed E-state index contributed by atoms with van der Waals surface area (Å²) in [6.45, 7) is 8.34. The zero-order valence-electron chi connectivity index (χ0n) is 24.2. The van der Waals surface area contributed by atoms with Gasteiger partial charge in [0.1, 0.15) is 5.75 Å². The van der Waals surface area contributed by atoms with Crippen LogP contribution in [0.25, 0.3) is 10.8 Å². The number of methoxy groups -OCH3 is 1. The highest BCUT2D eigenvalue weighted by Crippen LogP contribution is 2.38. The number of nitrogens with zero attached hydrogens (tertiary/aromatic N) is 4. The number of phenols is 1. The Morgan fingerprint density at radius 1 is 0.953 bits per heavy atom. The Bertz CT molecular complexity index is 1710. The van der Waals surface area contributed by atoms with Crippen LogP contribution < -0.4 is 15.3 Å². The van der Waals surface area contributed by atoms with Crippen molar-refractivity contribution < 1.29 is 34.7 Å². The highest BCUT2D eigenvalue weighted by atomic mass is 17.1. The number of hydrogen-bond acceptors (Lipinski definition) is 8. The van der Waals surface area contributed by atoms with Crippen LogP contribution in [0.2, 0.25) is 0 Å². The number of anilines is 1. The first kappa shape index (κ1) is 30.9. The van der Waals surface area contributed by atoms with Gasteiger partial charge in [0.05, 0.1) is 31.5 Å². The van der Waals surface area contributed by atoms with Gasteiger partial charge in [-0.25, -0.2) is 14.5 Å². The van der Waals surface area contributed by atoms with Crippen LogP contribution in [0, 0.1) is 0 Å². The van der Waals surface area contributed by atoms with E-state index < -0.39 is 17.6 Å². The van der Waals surface area contributed by atoms with E-state index in [0.717, 1.165) is 15.0 Å². The van der Waals surface area contributed by atoms with Crippen molar-refractivity contribution in [3.05, 3.63) is 94.6 Å². The monoisotopic (exact) mass is 590 g/mol. The molecule has 0 bridgehead atoms. The lowest BCUT2D eigenvalue weighted by Crippen LogP contribution is -2.40. The zero-order valence-corrected chi connectivity index (χ0v) is 24.2. The summed E-state index contributed by atoms with van der Waals surface area (Å²) in [5, 5.41) is 31.8. The molecule has 0 unspecified atom stereocenters. The van der Waals surface area contributed by atoms with Crippen LogP contribution in [0.15, 0.2) is 77.7 Å². The van der Waals surface area contributed by atoms with Crippen LogP contribution >= 0.6 is 0 Å². The van der Waals surface area contributed by atoms with Crippen molar-refractivity contribution >= 4 is 28.4 Å². The molecule has 2 amide bonds. The smallest absolute Gasteiger partial charge is 0.344 e. The van der Waals surface area contributed by atoms with E-state index in [0.29, 0.717) is 23.0 Å². The van der Waals surface area contributed by atoms with Gasteiger partial charge in [-0.1, -0.05) is 55.1 Å². The summed E-state index contributed by atoms with van der Waals surface area (Å²) < 4.78 is 6.99. The van der Waals surface area contributed by atoms with Crippen LogP contribution in [-0.2, 0) is 11.4 Å². The number of fused-ring (bicyclic) bond motifs is 1. The summed E-state index contributed by atoms with van der Waals surface area (Å²) >= 11 is 0. The molecule has 0 saturated carbocycles. The van der Waals surface area contributed by atoms with E-state index in [9.17, 15) is 24.6 Å². The van der Waals surface area contributed by atoms with Crippen LogP contribution in [0.4, 0.5) is 10.5 Å². The molecule has 0 fully saturated rings. The molecule has 43 heavy (non-hydrogen) atoms. The van der Waals surface area contributed by atoms with Crippen LogP contribution in [0.1, 0.15) is 36.2 Å². The predicted molar refractivity (Wildman–Crippen MR) is 161 cm³/mol. The average molecular weight is 591 g/mol. The van der Waals surface area contributed by atoms with E-state index in [2.05, 4.69) is 11.5 Å². The second kappa shape index (κ2) is 13.3. The molecule has 1 heterocycles. The number of aromatic hydroxyl groups is 2. The van der Waals surface area contributed by atoms with Crippen LogP contribution in [0.5, 0.6) is 17.5 Å². The van der Waals surface area contributed by atoms with E-state index in [4.69, 9.17) is 9.99 Å². The third-order valence-corrected chi connectivity index (χ3v) is 7.16. The molecule has 4 rings (SSSR count). The number of amides is 2. The molecule has 0 saturated heterocycles. The molecule has 12 nitrogen and oxygen atoms in total. The molecule has 0 aliphatic carbocycles. The quantitative estimate of drug-likeness (QED) is 0.169. The molecule has 3 aromatic carbocycles. The summed E-state index contributed by atoms with van der Waals surface area (Å²) in [6.07, 6.45) is -0.0412. The molecule has 0 aliphatic rings. The Hall–Kier alpha value is -5.07. The molecule has 0 atom stereocenters. The van der Waals surface area contributed by atoms with Crippen molar-refractivity contribution in [2.75, 3.05) is 31.7 Å². The van der Waals surface area contributed by atoms with Crippen molar-refractivity contribution in [2.45, 2.75) is 26.8 Å². The first-order valence-corrected chi connectivity index (χ1v) is 13.6. The van der Waals surface area contributed by atoms with Gasteiger partial charge in [-0.05, 0) is 31.5 Å². The summed E-state index contributed by atoms with van der Waals surface area (Å²) in [6, 6.07) is 15.8. The zero-order chi connectivity index (χ0) is 31.3. The van der Waals surface area contributed by atoms with E-state index >= 15 is 0 Å². The minimum Gasteiger partial charge on any atom is -0.506 e. The fourth-order valence-electron chi connectivity index (χ4n) is 4.95. The number of hydrogen-bond donors (Lipinski definition) is 3. The number of aromatic nitrogens is 2. The lowest BCUT2D eigenvalue weighted by Gasteiger charge is -2.26. The largest absolute Gasteiger partial charge is 0.506 e. The number of rotatable bonds is 11. The fraction of sp³-hybridized carbons (Fsp3) is 0.258. The van der Waals surface area contributed by atoms with Gasteiger partial charge in [0.15, 0.2) is 0 Å². The summed E-state index contributed by atoms with van der Waals surface area (Å²) in [7, 11) is 1.27. The maximum Gasteiger partial charge on any atom is 0.344 e. The third kappa shape index (κ3) is 5.83. The van der Waals surface area contributed by atoms with Crippen molar-refractivity contribution in [3.63, 3.8) is 0 Å². The minimum absolute atomic E-state index is 0.0153.